The first-order valence-electron chi connectivity index (χ1n) is 13.3. The number of carbonyl (C=O) groups is 1. The van der Waals surface area contributed by atoms with Gasteiger partial charge < -0.3 is 15.1 Å². The number of anilines is 4. The van der Waals surface area contributed by atoms with Crippen molar-refractivity contribution >= 4 is 38.9 Å². The lowest BCUT2D eigenvalue weighted by Crippen LogP contribution is -2.56. The van der Waals surface area contributed by atoms with Crippen LogP contribution in [0.2, 0.25) is 0 Å². The lowest BCUT2D eigenvalue weighted by molar-refractivity contribution is -0.0267. The second-order valence-electron chi connectivity index (χ2n) is 11.6. The Labute approximate surface area is 221 Å². The van der Waals surface area contributed by atoms with Crippen molar-refractivity contribution in [3.63, 3.8) is 0 Å². The summed E-state index contributed by atoms with van der Waals surface area (Å²) < 4.78 is 54.7. The van der Waals surface area contributed by atoms with Gasteiger partial charge in [-0.15, -0.1) is 0 Å². The van der Waals surface area contributed by atoms with Crippen LogP contribution >= 0.6 is 0 Å². The quantitative estimate of drug-likeness (QED) is 0.502. The van der Waals surface area contributed by atoms with Crippen molar-refractivity contribution in [2.24, 2.45) is 11.3 Å². The van der Waals surface area contributed by atoms with Crippen molar-refractivity contribution in [2.75, 3.05) is 51.8 Å². The van der Waals surface area contributed by atoms with Gasteiger partial charge in [0, 0.05) is 13.1 Å². The molecule has 4 aliphatic rings. The van der Waals surface area contributed by atoms with E-state index in [9.17, 15) is 22.0 Å². The Morgan fingerprint density at radius 3 is 2.39 bits per heavy atom. The van der Waals surface area contributed by atoms with Crippen molar-refractivity contribution in [1.29, 1.82) is 0 Å². The number of piperidine rings is 1. The molecule has 2 aliphatic carbocycles. The molecule has 8 nitrogen and oxygen atoms in total. The van der Waals surface area contributed by atoms with E-state index in [-0.39, 0.29) is 23.4 Å². The highest BCUT2D eigenvalue weighted by atomic mass is 32.2. The molecule has 0 atom stereocenters. The van der Waals surface area contributed by atoms with Crippen LogP contribution in [0.15, 0.2) is 30.3 Å². The topological polar surface area (TPSA) is 94.6 Å². The summed E-state index contributed by atoms with van der Waals surface area (Å²) in [6.07, 6.45) is 6.48. The molecule has 2 aromatic rings. The normalized spacial score (nSPS) is 21.7. The standard InChI is InChI=1S/C27H33F2N5O3S/c1-18-12-23(30-24(13-18)34-16-27(28,29)17-34)31-25(35)21-5-4-20(32-38(36,37)15-19-2-3-19)14-22(21)33-10-8-26(6-7-26)9-11-33/h4-5,12-14,19,32H,2-3,6-11,15-17H2,1H3,(H,30,31,35). The number of hydrogen-bond donors (Lipinski definition) is 2. The minimum absolute atomic E-state index is 0.112. The number of nitrogens with zero attached hydrogens (tertiary/aromatic N) is 3. The molecule has 2 saturated heterocycles. The van der Waals surface area contributed by atoms with Crippen LogP contribution in [-0.2, 0) is 10.0 Å². The van der Waals surface area contributed by atoms with Gasteiger partial charge in [0.25, 0.3) is 11.8 Å². The van der Waals surface area contributed by atoms with E-state index in [0.717, 1.165) is 44.3 Å². The Morgan fingerprint density at radius 2 is 1.76 bits per heavy atom. The van der Waals surface area contributed by atoms with Crippen LogP contribution in [0.3, 0.4) is 0 Å². The Bertz CT molecular complexity index is 1360. The van der Waals surface area contributed by atoms with Crippen molar-refractivity contribution < 1.29 is 22.0 Å². The van der Waals surface area contributed by atoms with E-state index in [2.05, 4.69) is 19.9 Å². The summed E-state index contributed by atoms with van der Waals surface area (Å²) in [5.41, 5.74) is 2.78. The molecule has 1 spiro atoms. The van der Waals surface area contributed by atoms with Gasteiger partial charge in [-0.3, -0.25) is 9.52 Å². The van der Waals surface area contributed by atoms with Gasteiger partial charge in [-0.2, -0.15) is 0 Å². The fraction of sp³-hybridized carbons (Fsp3) is 0.556. The first-order chi connectivity index (χ1) is 18.0. The molecule has 6 rings (SSSR count). The number of rotatable bonds is 8. The molecule has 0 radical (unpaired) electrons. The lowest BCUT2D eigenvalue weighted by atomic mass is 9.93. The van der Waals surface area contributed by atoms with Crippen LogP contribution in [-0.4, -0.2) is 57.2 Å². The third kappa shape index (κ3) is 5.57. The molecule has 1 amide bonds. The van der Waals surface area contributed by atoms with E-state index >= 15 is 0 Å². The number of amides is 1. The average molecular weight is 546 g/mol. The predicted octanol–water partition coefficient (Wildman–Crippen LogP) is 4.63. The van der Waals surface area contributed by atoms with Crippen molar-refractivity contribution in [2.45, 2.75) is 51.4 Å². The van der Waals surface area contributed by atoms with Crippen LogP contribution in [0.4, 0.5) is 31.8 Å². The zero-order valence-electron chi connectivity index (χ0n) is 21.5. The third-order valence-electron chi connectivity index (χ3n) is 8.16. The molecular weight excluding hydrogens is 512 g/mol. The van der Waals surface area contributed by atoms with E-state index in [1.165, 1.54) is 17.7 Å². The smallest absolute Gasteiger partial charge is 0.282 e. The molecule has 38 heavy (non-hydrogen) atoms. The number of nitrogens with one attached hydrogen (secondary N) is 2. The third-order valence-corrected chi connectivity index (χ3v) is 9.61. The number of aromatic nitrogens is 1. The number of hydrogen-bond acceptors (Lipinski definition) is 6. The highest BCUT2D eigenvalue weighted by Gasteiger charge is 2.45. The zero-order chi connectivity index (χ0) is 26.7. The zero-order valence-corrected chi connectivity index (χ0v) is 22.3. The lowest BCUT2D eigenvalue weighted by Gasteiger charge is -2.39. The van der Waals surface area contributed by atoms with Crippen LogP contribution in [0.25, 0.3) is 0 Å². The molecule has 3 heterocycles. The Morgan fingerprint density at radius 1 is 1.05 bits per heavy atom. The van der Waals surface area contributed by atoms with Crippen LogP contribution in [0, 0.1) is 18.3 Å². The number of carbonyl (C=O) groups excluding carboxylic acids is 1. The number of halogens is 2. The number of aryl methyl sites for hydroxylation is 1. The maximum absolute atomic E-state index is 13.5. The number of sulfonamides is 1. The molecule has 204 valence electrons. The first-order valence-corrected chi connectivity index (χ1v) is 15.0. The second-order valence-corrected chi connectivity index (χ2v) is 13.4. The average Bonchev–Trinajstić information content (AvgIpc) is 3.76. The van der Waals surface area contributed by atoms with Gasteiger partial charge in [0.1, 0.15) is 11.6 Å². The van der Waals surface area contributed by atoms with Crippen LogP contribution < -0.4 is 19.8 Å². The fourth-order valence-electron chi connectivity index (χ4n) is 5.50. The van der Waals surface area contributed by atoms with Gasteiger partial charge >= 0.3 is 0 Å². The van der Waals surface area contributed by atoms with Gasteiger partial charge in [0.05, 0.1) is 35.8 Å². The van der Waals surface area contributed by atoms with Gasteiger partial charge in [0.2, 0.25) is 10.0 Å². The van der Waals surface area contributed by atoms with Gasteiger partial charge in [-0.05, 0) is 92.7 Å². The van der Waals surface area contributed by atoms with E-state index in [4.69, 9.17) is 0 Å². The van der Waals surface area contributed by atoms with E-state index < -0.39 is 29.0 Å². The molecule has 2 aliphatic heterocycles. The molecule has 1 aromatic carbocycles. The van der Waals surface area contributed by atoms with E-state index in [0.29, 0.717) is 28.2 Å². The van der Waals surface area contributed by atoms with Crippen molar-refractivity contribution in [3.05, 3.63) is 41.5 Å². The summed E-state index contributed by atoms with van der Waals surface area (Å²) in [5.74, 6) is -2.07. The summed E-state index contributed by atoms with van der Waals surface area (Å²) in [5, 5.41) is 2.84. The molecule has 0 unspecified atom stereocenters. The number of benzene rings is 1. The SMILES string of the molecule is Cc1cc(NC(=O)c2ccc(NS(=O)(=O)CC3CC3)cc2N2CCC3(CC2)CC3)nc(N2CC(F)(F)C2)c1. The highest BCUT2D eigenvalue weighted by molar-refractivity contribution is 7.92. The Balaban J connectivity index is 1.24. The summed E-state index contributed by atoms with van der Waals surface area (Å²) in [6.45, 7) is 2.64. The number of pyridine rings is 1. The minimum atomic E-state index is -3.47. The maximum atomic E-state index is 13.5. The molecule has 2 saturated carbocycles. The number of alkyl halides is 2. The monoisotopic (exact) mass is 545 g/mol. The molecule has 0 bridgehead atoms. The van der Waals surface area contributed by atoms with E-state index in [1.807, 2.05) is 6.92 Å². The molecular formula is C27H33F2N5O3S. The Kier molecular flexibility index (Phi) is 6.04. The summed E-state index contributed by atoms with van der Waals surface area (Å²) in [6, 6.07) is 8.44. The van der Waals surface area contributed by atoms with Crippen LogP contribution in [0.5, 0.6) is 0 Å². The maximum Gasteiger partial charge on any atom is 0.282 e. The molecule has 11 heteroatoms. The fourth-order valence-corrected chi connectivity index (χ4v) is 7.02. The largest absolute Gasteiger partial charge is 0.371 e. The van der Waals surface area contributed by atoms with Gasteiger partial charge in [-0.25, -0.2) is 22.2 Å². The summed E-state index contributed by atoms with van der Waals surface area (Å²) in [4.78, 5) is 21.6. The first kappa shape index (κ1) is 25.3. The second kappa shape index (κ2) is 9.07. The highest BCUT2D eigenvalue weighted by Crippen LogP contribution is 2.54. The summed E-state index contributed by atoms with van der Waals surface area (Å²) >= 11 is 0. The molecule has 4 fully saturated rings. The van der Waals surface area contributed by atoms with Crippen molar-refractivity contribution in [3.8, 4) is 0 Å². The van der Waals surface area contributed by atoms with Gasteiger partial charge in [-0.1, -0.05) is 0 Å². The summed E-state index contributed by atoms with van der Waals surface area (Å²) in [7, 11) is -3.47. The van der Waals surface area contributed by atoms with E-state index in [1.54, 1.807) is 30.3 Å². The molecule has 2 N–H and O–H groups in total. The predicted molar refractivity (Wildman–Crippen MR) is 144 cm³/mol. The van der Waals surface area contributed by atoms with Gasteiger partial charge in [0.15, 0.2) is 0 Å². The molecule has 1 aromatic heterocycles. The Hall–Kier alpha value is -2.95. The van der Waals surface area contributed by atoms with Crippen molar-refractivity contribution in [1.82, 2.24) is 4.98 Å². The minimum Gasteiger partial charge on any atom is -0.371 e. The van der Waals surface area contributed by atoms with Crippen LogP contribution in [0.1, 0.15) is 54.4 Å².